The Morgan fingerprint density at radius 2 is 1.88 bits per heavy atom. The van der Waals surface area contributed by atoms with Crippen molar-refractivity contribution in [3.05, 3.63) is 39.9 Å². The largest absolute Gasteiger partial charge is 0.385 e. The number of halogens is 1. The Balaban J connectivity index is 1.60. The average Bonchev–Trinajstić information content (AvgIpc) is 3.18. The summed E-state index contributed by atoms with van der Waals surface area (Å²) in [6.45, 7) is 8.04. The van der Waals surface area contributed by atoms with Crippen LogP contribution in [0, 0.1) is 0 Å². The molecule has 1 N–H and O–H groups in total. The maximum atomic E-state index is 11.2. The normalized spacial score (nSPS) is 38.8. The molecule has 4 atom stereocenters. The van der Waals surface area contributed by atoms with Crippen LogP contribution < -0.4 is 0 Å². The van der Waals surface area contributed by atoms with Crippen LogP contribution in [0.15, 0.2) is 18.2 Å². The Bertz CT molecular complexity index is 830. The van der Waals surface area contributed by atoms with Crippen molar-refractivity contribution in [2.75, 3.05) is 6.61 Å². The summed E-state index contributed by atoms with van der Waals surface area (Å²) in [5, 5.41) is 11.7. The molecule has 0 saturated carbocycles. The zero-order valence-electron chi connectivity index (χ0n) is 15.3. The highest BCUT2D eigenvalue weighted by molar-refractivity contribution is 6.32. The van der Waals surface area contributed by atoms with Gasteiger partial charge >= 0.3 is 0 Å². The van der Waals surface area contributed by atoms with Gasteiger partial charge in [-0.15, -0.1) is 0 Å². The summed E-state index contributed by atoms with van der Waals surface area (Å²) >= 11 is 6.61. The van der Waals surface area contributed by atoms with E-state index in [4.69, 9.17) is 30.5 Å². The van der Waals surface area contributed by atoms with Crippen LogP contribution in [-0.2, 0) is 18.9 Å². The molecule has 140 valence electrons. The smallest absolute Gasteiger partial charge is 0.164 e. The fraction of sp³-hybridized carbons (Fsp3) is 0.600. The number of aliphatic hydroxyl groups is 1. The molecule has 2 aliphatic heterocycles. The highest BCUT2D eigenvalue weighted by atomic mass is 35.5. The molecule has 1 aromatic carbocycles. The van der Waals surface area contributed by atoms with Gasteiger partial charge in [0.1, 0.15) is 18.3 Å². The molecule has 0 amide bonds. The minimum absolute atomic E-state index is 0.184. The van der Waals surface area contributed by atoms with Crippen LogP contribution in [-0.4, -0.2) is 35.0 Å². The lowest BCUT2D eigenvalue weighted by molar-refractivity contribution is -0.168. The molecule has 1 aromatic rings. The molecule has 2 saturated heterocycles. The summed E-state index contributed by atoms with van der Waals surface area (Å²) in [6.07, 6.45) is 1.57. The number of fused-ring (bicyclic) bond motifs is 2. The molecule has 2 heterocycles. The Hall–Kier alpha value is -0.950. The number of benzene rings is 1. The zero-order valence-corrected chi connectivity index (χ0v) is 16.1. The van der Waals surface area contributed by atoms with Gasteiger partial charge in [-0.2, -0.15) is 0 Å². The lowest BCUT2D eigenvalue weighted by atomic mass is 9.91. The van der Waals surface area contributed by atoms with Crippen molar-refractivity contribution in [1.29, 1.82) is 0 Å². The highest BCUT2D eigenvalue weighted by Crippen LogP contribution is 2.62. The first-order valence-electron chi connectivity index (χ1n) is 9.05. The van der Waals surface area contributed by atoms with E-state index >= 15 is 0 Å². The SMILES string of the molecule is CC1(C)OC[C@@H](c2cc(Cl)c3c(c2)C2=CC[C@H]4OC(C)(C)O[C@@]24[C@@H]3O)O1. The molecule has 5 rings (SSSR count). The number of ether oxygens (including phenoxy) is 4. The van der Waals surface area contributed by atoms with Gasteiger partial charge in [0.2, 0.25) is 0 Å². The minimum Gasteiger partial charge on any atom is -0.385 e. The van der Waals surface area contributed by atoms with Crippen LogP contribution in [0.25, 0.3) is 5.57 Å². The summed E-state index contributed by atoms with van der Waals surface area (Å²) < 4.78 is 24.0. The third-order valence-corrected chi connectivity index (χ3v) is 6.09. The van der Waals surface area contributed by atoms with Gasteiger partial charge < -0.3 is 24.1 Å². The fourth-order valence-electron chi connectivity index (χ4n) is 4.85. The average molecular weight is 379 g/mol. The highest BCUT2D eigenvalue weighted by Gasteiger charge is 2.65. The summed E-state index contributed by atoms with van der Waals surface area (Å²) in [7, 11) is 0. The van der Waals surface area contributed by atoms with Crippen molar-refractivity contribution in [2.24, 2.45) is 0 Å². The molecule has 4 aliphatic rings. The van der Waals surface area contributed by atoms with E-state index in [0.717, 1.165) is 16.7 Å². The third-order valence-electron chi connectivity index (χ3n) is 5.78. The van der Waals surface area contributed by atoms with E-state index in [-0.39, 0.29) is 12.2 Å². The summed E-state index contributed by atoms with van der Waals surface area (Å²) in [5.41, 5.74) is 2.69. The molecular formula is C20H23ClO5. The van der Waals surface area contributed by atoms with Gasteiger partial charge in [0.25, 0.3) is 0 Å². The van der Waals surface area contributed by atoms with Crippen LogP contribution in [0.2, 0.25) is 5.02 Å². The molecule has 0 aromatic heterocycles. The summed E-state index contributed by atoms with van der Waals surface area (Å²) in [6, 6.07) is 3.92. The molecule has 0 unspecified atom stereocenters. The van der Waals surface area contributed by atoms with Crippen molar-refractivity contribution in [1.82, 2.24) is 0 Å². The third kappa shape index (κ3) is 2.16. The van der Waals surface area contributed by atoms with Gasteiger partial charge in [0.15, 0.2) is 17.2 Å². The monoisotopic (exact) mass is 378 g/mol. The van der Waals surface area contributed by atoms with Crippen molar-refractivity contribution >= 4 is 17.2 Å². The van der Waals surface area contributed by atoms with E-state index in [1.54, 1.807) is 0 Å². The number of hydrogen-bond acceptors (Lipinski definition) is 5. The predicted molar refractivity (Wildman–Crippen MR) is 95.6 cm³/mol. The Kier molecular flexibility index (Phi) is 3.37. The maximum absolute atomic E-state index is 11.2. The lowest BCUT2D eigenvalue weighted by Gasteiger charge is -2.30. The van der Waals surface area contributed by atoms with E-state index in [2.05, 4.69) is 12.1 Å². The second kappa shape index (κ2) is 5.10. The van der Waals surface area contributed by atoms with Crippen LogP contribution in [0.1, 0.15) is 63.0 Å². The molecule has 2 aliphatic carbocycles. The molecule has 0 bridgehead atoms. The van der Waals surface area contributed by atoms with E-state index in [0.29, 0.717) is 23.6 Å². The van der Waals surface area contributed by atoms with Gasteiger partial charge in [-0.05, 0) is 62.9 Å². The second-order valence-electron chi connectivity index (χ2n) is 8.44. The topological polar surface area (TPSA) is 57.2 Å². The molecule has 1 spiro atoms. The van der Waals surface area contributed by atoms with Crippen molar-refractivity contribution in [3.63, 3.8) is 0 Å². The van der Waals surface area contributed by atoms with Crippen molar-refractivity contribution in [3.8, 4) is 0 Å². The minimum atomic E-state index is -0.875. The first kappa shape index (κ1) is 17.2. The van der Waals surface area contributed by atoms with Gasteiger partial charge in [-0.25, -0.2) is 0 Å². The quantitative estimate of drug-likeness (QED) is 0.803. The van der Waals surface area contributed by atoms with Gasteiger partial charge in [0, 0.05) is 10.6 Å². The molecular weight excluding hydrogens is 356 g/mol. The number of hydrogen-bond donors (Lipinski definition) is 1. The first-order chi connectivity index (χ1) is 12.1. The molecule has 6 heteroatoms. The van der Waals surface area contributed by atoms with E-state index in [1.165, 1.54) is 0 Å². The van der Waals surface area contributed by atoms with E-state index in [9.17, 15) is 5.11 Å². The van der Waals surface area contributed by atoms with E-state index in [1.807, 2.05) is 33.8 Å². The Morgan fingerprint density at radius 1 is 1.12 bits per heavy atom. The molecule has 26 heavy (non-hydrogen) atoms. The standard InChI is InChI=1S/C20H23ClO5/c1-18(2)23-9-14(24-18)10-7-11-12-5-6-15-20(12,26-19(3,4)25-15)17(22)16(11)13(21)8-10/h5,7-8,14-15,17,22H,6,9H2,1-4H3/t14-,15+,17+,20-/m0/s1. The van der Waals surface area contributed by atoms with Crippen molar-refractivity contribution in [2.45, 2.75) is 69.6 Å². The molecule has 5 nitrogen and oxygen atoms in total. The first-order valence-corrected chi connectivity index (χ1v) is 9.43. The Morgan fingerprint density at radius 3 is 2.58 bits per heavy atom. The molecule has 2 fully saturated rings. The lowest BCUT2D eigenvalue weighted by Crippen LogP contribution is -2.40. The zero-order chi connectivity index (χ0) is 18.5. The number of rotatable bonds is 1. The van der Waals surface area contributed by atoms with Crippen LogP contribution in [0.4, 0.5) is 0 Å². The van der Waals surface area contributed by atoms with Gasteiger partial charge in [0.05, 0.1) is 6.61 Å². The summed E-state index contributed by atoms with van der Waals surface area (Å²) in [4.78, 5) is 0. The van der Waals surface area contributed by atoms with E-state index < -0.39 is 23.3 Å². The predicted octanol–water partition coefficient (Wildman–Crippen LogP) is 3.89. The fourth-order valence-corrected chi connectivity index (χ4v) is 5.18. The van der Waals surface area contributed by atoms with Gasteiger partial charge in [-0.1, -0.05) is 17.7 Å². The van der Waals surface area contributed by atoms with Crippen LogP contribution in [0.5, 0.6) is 0 Å². The van der Waals surface area contributed by atoms with Crippen molar-refractivity contribution < 1.29 is 24.1 Å². The number of aliphatic hydroxyl groups excluding tert-OH is 1. The summed E-state index contributed by atoms with van der Waals surface area (Å²) in [5.74, 6) is -1.35. The molecule has 0 radical (unpaired) electrons. The maximum Gasteiger partial charge on any atom is 0.164 e. The van der Waals surface area contributed by atoms with Crippen LogP contribution >= 0.6 is 11.6 Å². The Labute approximate surface area is 157 Å². The second-order valence-corrected chi connectivity index (χ2v) is 8.85. The van der Waals surface area contributed by atoms with Crippen LogP contribution in [0.3, 0.4) is 0 Å². The van der Waals surface area contributed by atoms with Gasteiger partial charge in [-0.3, -0.25) is 0 Å².